The first-order valence-corrected chi connectivity index (χ1v) is 9.42. The molecule has 1 heterocycles. The summed E-state index contributed by atoms with van der Waals surface area (Å²) in [6.45, 7) is 0. The third-order valence-electron chi connectivity index (χ3n) is 4.33. The van der Waals surface area contributed by atoms with E-state index in [1.54, 1.807) is 0 Å². The third kappa shape index (κ3) is 3.24. The Hall–Kier alpha value is -1.07. The van der Waals surface area contributed by atoms with Crippen molar-refractivity contribution in [1.82, 2.24) is 5.32 Å². The van der Waals surface area contributed by atoms with Crippen molar-refractivity contribution in [3.63, 3.8) is 0 Å². The largest absolute Gasteiger partial charge is 0.351 e. The summed E-state index contributed by atoms with van der Waals surface area (Å²) in [6, 6.07) is 7.69. The molecule has 0 spiro atoms. The molecule has 3 atom stereocenters. The summed E-state index contributed by atoms with van der Waals surface area (Å²) < 4.78 is 23.1. The normalized spacial score (nSPS) is 30.6. The summed E-state index contributed by atoms with van der Waals surface area (Å²) in [4.78, 5) is 12.4. The highest BCUT2D eigenvalue weighted by atomic mass is 35.5. The minimum absolute atomic E-state index is 0.0454. The van der Waals surface area contributed by atoms with E-state index in [1.165, 1.54) is 11.1 Å². The lowest BCUT2D eigenvalue weighted by atomic mass is 9.83. The molecular weight excluding hydrogens is 310 g/mol. The Bertz CT molecular complexity index is 659. The molecule has 1 aliphatic carbocycles. The molecule has 1 aromatic carbocycles. The lowest BCUT2D eigenvalue weighted by Crippen LogP contribution is -2.44. The Kier molecular flexibility index (Phi) is 3.97. The molecule has 1 saturated heterocycles. The van der Waals surface area contributed by atoms with E-state index in [0.29, 0.717) is 6.42 Å². The van der Waals surface area contributed by atoms with Gasteiger partial charge in [0.2, 0.25) is 5.91 Å². The molecule has 0 radical (unpaired) electrons. The first kappa shape index (κ1) is 14.9. The zero-order valence-electron chi connectivity index (χ0n) is 11.6. The average Bonchev–Trinajstić information content (AvgIpc) is 2.70. The molecule has 0 bridgehead atoms. The van der Waals surface area contributed by atoms with E-state index in [0.717, 1.165) is 12.8 Å². The molecule has 1 N–H and O–H groups in total. The maximum atomic E-state index is 12.4. The van der Waals surface area contributed by atoms with Crippen LogP contribution >= 0.6 is 11.6 Å². The Morgan fingerprint density at radius 1 is 1.19 bits per heavy atom. The summed E-state index contributed by atoms with van der Waals surface area (Å²) in [5.74, 6) is -0.257. The average molecular weight is 328 g/mol. The van der Waals surface area contributed by atoms with Crippen LogP contribution in [-0.4, -0.2) is 37.2 Å². The van der Waals surface area contributed by atoms with Crippen LogP contribution in [0.1, 0.15) is 17.5 Å². The Morgan fingerprint density at radius 3 is 2.57 bits per heavy atom. The molecule has 2 aliphatic rings. The van der Waals surface area contributed by atoms with E-state index in [2.05, 4.69) is 17.4 Å². The summed E-state index contributed by atoms with van der Waals surface area (Å²) in [5.41, 5.74) is 2.52. The molecular formula is C15H18ClNO3S. The fraction of sp³-hybridized carbons (Fsp3) is 0.533. The number of benzene rings is 1. The van der Waals surface area contributed by atoms with Crippen LogP contribution < -0.4 is 5.32 Å². The van der Waals surface area contributed by atoms with Crippen LogP contribution in [0.25, 0.3) is 0 Å². The van der Waals surface area contributed by atoms with Crippen molar-refractivity contribution in [3.05, 3.63) is 35.4 Å². The molecule has 3 rings (SSSR count). The molecule has 6 heteroatoms. The van der Waals surface area contributed by atoms with Crippen LogP contribution in [0.5, 0.6) is 0 Å². The number of alkyl halides is 1. The van der Waals surface area contributed by atoms with Gasteiger partial charge in [-0.05, 0) is 30.4 Å². The summed E-state index contributed by atoms with van der Waals surface area (Å²) in [6.07, 6.45) is 2.41. The second-order valence-corrected chi connectivity index (χ2v) is 8.63. The van der Waals surface area contributed by atoms with Crippen molar-refractivity contribution in [2.24, 2.45) is 5.92 Å². The number of carbonyl (C=O) groups is 1. The van der Waals surface area contributed by atoms with E-state index in [1.807, 2.05) is 12.1 Å². The maximum absolute atomic E-state index is 12.4. The number of amides is 1. The van der Waals surface area contributed by atoms with Gasteiger partial charge in [-0.2, -0.15) is 0 Å². The third-order valence-corrected chi connectivity index (χ3v) is 6.70. The smallest absolute Gasteiger partial charge is 0.223 e. The highest BCUT2D eigenvalue weighted by molar-refractivity contribution is 7.91. The topological polar surface area (TPSA) is 63.2 Å². The maximum Gasteiger partial charge on any atom is 0.223 e. The second kappa shape index (κ2) is 5.61. The number of aryl methyl sites for hydroxylation is 1. The van der Waals surface area contributed by atoms with Gasteiger partial charge < -0.3 is 5.32 Å². The quantitative estimate of drug-likeness (QED) is 0.833. The summed E-state index contributed by atoms with van der Waals surface area (Å²) in [7, 11) is -3.12. The van der Waals surface area contributed by atoms with Gasteiger partial charge in [0.25, 0.3) is 0 Å². The number of hydrogen-bond donors (Lipinski definition) is 1. The zero-order chi connectivity index (χ0) is 15.0. The van der Waals surface area contributed by atoms with Crippen LogP contribution in [0.3, 0.4) is 0 Å². The fourth-order valence-electron chi connectivity index (χ4n) is 3.16. The van der Waals surface area contributed by atoms with Crippen molar-refractivity contribution in [2.75, 3.05) is 11.5 Å². The number of hydrogen-bond acceptors (Lipinski definition) is 3. The monoisotopic (exact) mass is 327 g/mol. The molecule has 1 fully saturated rings. The number of sulfone groups is 1. The summed E-state index contributed by atoms with van der Waals surface area (Å²) >= 11 is 6.03. The molecule has 0 saturated carbocycles. The SMILES string of the molecule is O=C(NC1CS(=O)(=O)CC1Cl)C1CCc2ccccc2C1. The number of rotatable bonds is 2. The van der Waals surface area contributed by atoms with Gasteiger partial charge in [-0.3, -0.25) is 4.79 Å². The summed E-state index contributed by atoms with van der Waals surface area (Å²) in [5, 5.41) is 2.32. The van der Waals surface area contributed by atoms with Crippen molar-refractivity contribution < 1.29 is 13.2 Å². The first-order chi connectivity index (χ1) is 9.94. The number of carbonyl (C=O) groups excluding carboxylic acids is 1. The second-order valence-electron chi connectivity index (χ2n) is 5.92. The van der Waals surface area contributed by atoms with Crippen LogP contribution in [0.15, 0.2) is 24.3 Å². The van der Waals surface area contributed by atoms with Crippen molar-refractivity contribution in [2.45, 2.75) is 30.7 Å². The standard InChI is InChI=1S/C15H18ClNO3S/c16-13-8-21(19,20)9-14(13)17-15(18)12-6-5-10-3-1-2-4-11(10)7-12/h1-4,12-14H,5-9H2,(H,17,18). The van der Waals surface area contributed by atoms with E-state index in [9.17, 15) is 13.2 Å². The van der Waals surface area contributed by atoms with Crippen molar-refractivity contribution in [3.8, 4) is 0 Å². The predicted molar refractivity (Wildman–Crippen MR) is 82.2 cm³/mol. The highest BCUT2D eigenvalue weighted by Crippen LogP contribution is 2.26. The molecule has 0 aromatic heterocycles. The lowest BCUT2D eigenvalue weighted by Gasteiger charge is -2.25. The molecule has 21 heavy (non-hydrogen) atoms. The van der Waals surface area contributed by atoms with Gasteiger partial charge in [0.15, 0.2) is 9.84 Å². The predicted octanol–water partition coefficient (Wildman–Crippen LogP) is 1.31. The van der Waals surface area contributed by atoms with Crippen LogP contribution in [0.4, 0.5) is 0 Å². The number of halogens is 1. The van der Waals surface area contributed by atoms with Crippen LogP contribution in [0, 0.1) is 5.92 Å². The molecule has 114 valence electrons. The minimum atomic E-state index is -3.12. The van der Waals surface area contributed by atoms with Gasteiger partial charge in [0.1, 0.15) is 0 Å². The first-order valence-electron chi connectivity index (χ1n) is 7.16. The van der Waals surface area contributed by atoms with Gasteiger partial charge >= 0.3 is 0 Å². The van der Waals surface area contributed by atoms with Gasteiger partial charge in [-0.25, -0.2) is 8.42 Å². The molecule has 1 amide bonds. The Morgan fingerprint density at radius 2 is 1.90 bits per heavy atom. The minimum Gasteiger partial charge on any atom is -0.351 e. The Labute approximate surface area is 129 Å². The molecule has 3 unspecified atom stereocenters. The van der Waals surface area contributed by atoms with Crippen molar-refractivity contribution in [1.29, 1.82) is 0 Å². The zero-order valence-corrected chi connectivity index (χ0v) is 13.2. The van der Waals surface area contributed by atoms with E-state index >= 15 is 0 Å². The van der Waals surface area contributed by atoms with Gasteiger partial charge in [0, 0.05) is 5.92 Å². The molecule has 1 aromatic rings. The lowest BCUT2D eigenvalue weighted by molar-refractivity contribution is -0.125. The van der Waals surface area contributed by atoms with E-state index < -0.39 is 21.3 Å². The highest BCUT2D eigenvalue weighted by Gasteiger charge is 2.38. The molecule has 1 aliphatic heterocycles. The number of fused-ring (bicyclic) bond motifs is 1. The van der Waals surface area contributed by atoms with Gasteiger partial charge in [-0.1, -0.05) is 24.3 Å². The fourth-order valence-corrected chi connectivity index (χ4v) is 5.71. The van der Waals surface area contributed by atoms with Gasteiger partial charge in [0.05, 0.1) is 22.9 Å². The van der Waals surface area contributed by atoms with Gasteiger partial charge in [-0.15, -0.1) is 11.6 Å². The Balaban J connectivity index is 1.65. The van der Waals surface area contributed by atoms with E-state index in [4.69, 9.17) is 11.6 Å². The molecule has 4 nitrogen and oxygen atoms in total. The number of nitrogens with one attached hydrogen (secondary N) is 1. The van der Waals surface area contributed by atoms with Crippen molar-refractivity contribution >= 4 is 27.3 Å². The van der Waals surface area contributed by atoms with E-state index in [-0.39, 0.29) is 23.3 Å². The van der Waals surface area contributed by atoms with Crippen LogP contribution in [-0.2, 0) is 27.5 Å². The van der Waals surface area contributed by atoms with Crippen LogP contribution in [0.2, 0.25) is 0 Å².